The van der Waals surface area contributed by atoms with Gasteiger partial charge in [-0.3, -0.25) is 9.69 Å². The van der Waals surface area contributed by atoms with Crippen molar-refractivity contribution < 1.29 is 14.3 Å². The number of hydrogen-bond acceptors (Lipinski definition) is 4. The van der Waals surface area contributed by atoms with E-state index in [1.165, 1.54) is 12.3 Å². The third-order valence-corrected chi connectivity index (χ3v) is 5.97. The summed E-state index contributed by atoms with van der Waals surface area (Å²) in [6.45, 7) is 5.62. The highest BCUT2D eigenvalue weighted by molar-refractivity contribution is 5.93. The van der Waals surface area contributed by atoms with E-state index in [4.69, 9.17) is 0 Å². The maximum atomic E-state index is 15.0. The lowest BCUT2D eigenvalue weighted by Crippen LogP contribution is -2.55. The van der Waals surface area contributed by atoms with Gasteiger partial charge in [0.25, 0.3) is 0 Å². The van der Waals surface area contributed by atoms with E-state index in [1.807, 2.05) is 9.47 Å². The molecule has 0 bridgehead atoms. The Balaban J connectivity index is 1.88. The first-order chi connectivity index (χ1) is 12.8. The third-order valence-electron chi connectivity index (χ3n) is 5.97. The number of anilines is 1. The van der Waals surface area contributed by atoms with E-state index in [0.29, 0.717) is 24.3 Å². The number of nitrogens with zero attached hydrogens (tertiary/aromatic N) is 3. The molecule has 2 fully saturated rings. The van der Waals surface area contributed by atoms with Crippen LogP contribution in [0.5, 0.6) is 0 Å². The van der Waals surface area contributed by atoms with Crippen molar-refractivity contribution in [3.05, 3.63) is 39.9 Å². The van der Waals surface area contributed by atoms with Crippen molar-refractivity contribution in [3.63, 3.8) is 0 Å². The maximum absolute atomic E-state index is 15.0. The molecule has 1 aromatic heterocycles. The van der Waals surface area contributed by atoms with E-state index < -0.39 is 17.2 Å². The average Bonchev–Trinajstić information content (AvgIpc) is 3.44. The van der Waals surface area contributed by atoms with Crippen LogP contribution in [-0.2, 0) is 0 Å². The lowest BCUT2D eigenvalue weighted by molar-refractivity contribution is 0.0695. The molecule has 2 atom stereocenters. The lowest BCUT2D eigenvalue weighted by atomic mass is 10.1. The number of aromatic nitrogens is 1. The van der Waals surface area contributed by atoms with Gasteiger partial charge in [0.15, 0.2) is 0 Å². The molecule has 1 aliphatic carbocycles. The SMILES string of the molecule is CC1CN(c2cc3c(cc2F)c(=O)c(C(=O)O)cn3C2CC2)CC(C)N1C. The summed E-state index contributed by atoms with van der Waals surface area (Å²) in [4.78, 5) is 28.3. The molecule has 2 aliphatic rings. The van der Waals surface area contributed by atoms with Gasteiger partial charge in [0.2, 0.25) is 5.43 Å². The van der Waals surface area contributed by atoms with Crippen molar-refractivity contribution in [2.45, 2.75) is 44.8 Å². The van der Waals surface area contributed by atoms with Gasteiger partial charge in [-0.05, 0) is 45.9 Å². The van der Waals surface area contributed by atoms with E-state index >= 15 is 0 Å². The molecular weight excluding hydrogens is 349 g/mol. The highest BCUT2D eigenvalue weighted by atomic mass is 19.1. The van der Waals surface area contributed by atoms with Gasteiger partial charge in [0.1, 0.15) is 11.4 Å². The summed E-state index contributed by atoms with van der Waals surface area (Å²) in [6.07, 6.45) is 3.29. The minimum absolute atomic E-state index is 0.137. The first-order valence-corrected chi connectivity index (χ1v) is 9.36. The summed E-state index contributed by atoms with van der Waals surface area (Å²) in [5, 5.41) is 9.48. The van der Waals surface area contributed by atoms with Gasteiger partial charge in [0.05, 0.1) is 11.2 Å². The molecule has 7 heteroatoms. The quantitative estimate of drug-likeness (QED) is 0.896. The van der Waals surface area contributed by atoms with E-state index in [-0.39, 0.29) is 29.1 Å². The fourth-order valence-electron chi connectivity index (χ4n) is 4.01. The number of likely N-dealkylation sites (N-methyl/N-ethyl adjacent to an activating group) is 1. The van der Waals surface area contributed by atoms with Crippen LogP contribution in [0.3, 0.4) is 0 Å². The van der Waals surface area contributed by atoms with Gasteiger partial charge in [-0.2, -0.15) is 0 Å². The number of hydrogen-bond donors (Lipinski definition) is 1. The Bertz CT molecular complexity index is 971. The Labute approximate surface area is 156 Å². The molecule has 0 spiro atoms. The van der Waals surface area contributed by atoms with E-state index in [2.05, 4.69) is 25.8 Å². The van der Waals surface area contributed by atoms with Crippen molar-refractivity contribution >= 4 is 22.6 Å². The van der Waals surface area contributed by atoms with Gasteiger partial charge in [-0.1, -0.05) is 0 Å². The minimum Gasteiger partial charge on any atom is -0.477 e. The second-order valence-corrected chi connectivity index (χ2v) is 7.90. The van der Waals surface area contributed by atoms with Crippen LogP contribution in [0.15, 0.2) is 23.1 Å². The summed E-state index contributed by atoms with van der Waals surface area (Å²) in [5.41, 5.74) is 0.165. The maximum Gasteiger partial charge on any atom is 0.341 e. The van der Waals surface area contributed by atoms with Gasteiger partial charge < -0.3 is 14.6 Å². The minimum atomic E-state index is -1.28. The van der Waals surface area contributed by atoms with Crippen LogP contribution in [-0.4, -0.2) is 52.8 Å². The fraction of sp³-hybridized carbons (Fsp3) is 0.500. The molecule has 0 amide bonds. The zero-order valence-electron chi connectivity index (χ0n) is 15.8. The summed E-state index contributed by atoms with van der Waals surface area (Å²) in [5.74, 6) is -1.75. The van der Waals surface area contributed by atoms with Gasteiger partial charge in [-0.25, -0.2) is 9.18 Å². The van der Waals surface area contributed by atoms with Crippen molar-refractivity contribution in [2.75, 3.05) is 25.0 Å². The molecule has 6 nitrogen and oxygen atoms in total. The van der Waals surface area contributed by atoms with Crippen LogP contribution in [0.1, 0.15) is 43.1 Å². The number of pyridine rings is 1. The number of carboxylic acids is 1. The largest absolute Gasteiger partial charge is 0.477 e. The Hall–Kier alpha value is -2.41. The molecule has 1 saturated heterocycles. The number of benzene rings is 1. The lowest BCUT2D eigenvalue weighted by Gasteiger charge is -2.43. The highest BCUT2D eigenvalue weighted by Crippen LogP contribution is 2.38. The van der Waals surface area contributed by atoms with Crippen molar-refractivity contribution in [1.82, 2.24) is 9.47 Å². The monoisotopic (exact) mass is 373 g/mol. The predicted octanol–water partition coefficient (Wildman–Crippen LogP) is 2.70. The fourth-order valence-corrected chi connectivity index (χ4v) is 4.01. The molecule has 4 rings (SSSR count). The van der Waals surface area contributed by atoms with Crippen molar-refractivity contribution in [1.29, 1.82) is 0 Å². The molecule has 27 heavy (non-hydrogen) atoms. The number of fused-ring (bicyclic) bond motifs is 1. The number of piperazine rings is 1. The average molecular weight is 373 g/mol. The van der Waals surface area contributed by atoms with E-state index in [0.717, 1.165) is 12.8 Å². The molecule has 1 N–H and O–H groups in total. The Morgan fingerprint density at radius 1 is 1.19 bits per heavy atom. The molecule has 2 aromatic rings. The number of rotatable bonds is 3. The standard InChI is InChI=1S/C20H24FN3O3/c1-11-8-23(9-12(2)22(11)3)18-7-17-14(6-16(18)21)19(25)15(20(26)27)10-24(17)13-4-5-13/h6-7,10-13H,4-5,8-9H2,1-3H3,(H,26,27). The molecule has 1 aromatic carbocycles. The van der Waals surface area contributed by atoms with Gasteiger partial charge >= 0.3 is 5.97 Å². The Morgan fingerprint density at radius 2 is 1.81 bits per heavy atom. The summed E-state index contributed by atoms with van der Waals surface area (Å²) in [7, 11) is 2.07. The zero-order chi connectivity index (χ0) is 19.5. The number of aromatic carboxylic acids is 1. The van der Waals surface area contributed by atoms with Crippen LogP contribution in [0.25, 0.3) is 10.9 Å². The summed E-state index contributed by atoms with van der Waals surface area (Å²) >= 11 is 0. The highest BCUT2D eigenvalue weighted by Gasteiger charge is 2.30. The molecule has 1 aliphatic heterocycles. The van der Waals surface area contributed by atoms with E-state index in [1.54, 1.807) is 6.07 Å². The van der Waals surface area contributed by atoms with Crippen LogP contribution < -0.4 is 10.3 Å². The normalized spacial score (nSPS) is 23.8. The first-order valence-electron chi connectivity index (χ1n) is 9.36. The molecule has 0 radical (unpaired) electrons. The number of carboxylic acid groups (broad SMARTS) is 1. The molecule has 2 unspecified atom stereocenters. The van der Waals surface area contributed by atoms with Gasteiger partial charge in [0, 0.05) is 42.8 Å². The molecule has 2 heterocycles. The second-order valence-electron chi connectivity index (χ2n) is 7.90. The zero-order valence-corrected chi connectivity index (χ0v) is 15.8. The molecule has 144 valence electrons. The van der Waals surface area contributed by atoms with Crippen LogP contribution >= 0.6 is 0 Å². The van der Waals surface area contributed by atoms with E-state index in [9.17, 15) is 19.1 Å². The first kappa shape index (κ1) is 18.0. The smallest absolute Gasteiger partial charge is 0.341 e. The second kappa shape index (κ2) is 6.34. The summed E-state index contributed by atoms with van der Waals surface area (Å²) < 4.78 is 16.8. The molecule has 1 saturated carbocycles. The Kier molecular flexibility index (Phi) is 4.22. The van der Waals surface area contributed by atoms with Crippen LogP contribution in [0.2, 0.25) is 0 Å². The topological polar surface area (TPSA) is 65.8 Å². The number of halogens is 1. The third kappa shape index (κ3) is 3.00. The van der Waals surface area contributed by atoms with Crippen LogP contribution in [0, 0.1) is 5.82 Å². The summed E-state index contributed by atoms with van der Waals surface area (Å²) in [6, 6.07) is 3.68. The van der Waals surface area contributed by atoms with Crippen molar-refractivity contribution in [3.8, 4) is 0 Å². The van der Waals surface area contributed by atoms with Crippen LogP contribution in [0.4, 0.5) is 10.1 Å². The Morgan fingerprint density at radius 3 is 2.37 bits per heavy atom. The molecular formula is C20H24FN3O3. The van der Waals surface area contributed by atoms with Crippen molar-refractivity contribution in [2.24, 2.45) is 0 Å². The van der Waals surface area contributed by atoms with Gasteiger partial charge in [-0.15, -0.1) is 0 Å². The number of carbonyl (C=O) groups is 1. The predicted molar refractivity (Wildman–Crippen MR) is 102 cm³/mol.